The molecule has 164 valence electrons. The second kappa shape index (κ2) is 9.69. The number of hydrogen-bond donors (Lipinski definition) is 1. The third-order valence-electron chi connectivity index (χ3n) is 6.15. The minimum atomic E-state index is -4.61. The lowest BCUT2D eigenvalue weighted by molar-refractivity contribution is -0.137. The predicted octanol–water partition coefficient (Wildman–Crippen LogP) is 4.11. The van der Waals surface area contributed by atoms with E-state index in [4.69, 9.17) is 10.00 Å². The molecule has 1 aromatic rings. The number of nitriles is 1. The summed E-state index contributed by atoms with van der Waals surface area (Å²) in [6.45, 7) is 1.12. The number of amides is 1. The quantitative estimate of drug-likeness (QED) is 0.724. The van der Waals surface area contributed by atoms with Gasteiger partial charge in [-0.25, -0.2) is 0 Å². The van der Waals surface area contributed by atoms with Gasteiger partial charge in [0, 0.05) is 37.8 Å². The van der Waals surface area contributed by atoms with Crippen LogP contribution in [0.4, 0.5) is 18.9 Å². The van der Waals surface area contributed by atoms with Gasteiger partial charge in [0.05, 0.1) is 29.7 Å². The number of nitrogens with zero attached hydrogens (tertiary/aromatic N) is 2. The van der Waals surface area contributed by atoms with Gasteiger partial charge in [-0.15, -0.1) is 0 Å². The Morgan fingerprint density at radius 3 is 2.53 bits per heavy atom. The summed E-state index contributed by atoms with van der Waals surface area (Å²) in [7, 11) is 1.56. The smallest absolute Gasteiger partial charge is 0.384 e. The first-order chi connectivity index (χ1) is 14.3. The zero-order chi connectivity index (χ0) is 21.7. The van der Waals surface area contributed by atoms with Gasteiger partial charge in [-0.05, 0) is 31.0 Å². The third-order valence-corrected chi connectivity index (χ3v) is 6.15. The Kier molecular flexibility index (Phi) is 7.24. The minimum Gasteiger partial charge on any atom is -0.384 e. The number of alkyl halides is 3. The maximum Gasteiger partial charge on any atom is 0.417 e. The van der Waals surface area contributed by atoms with E-state index in [0.717, 1.165) is 31.7 Å². The monoisotopic (exact) mass is 423 g/mol. The summed E-state index contributed by atoms with van der Waals surface area (Å²) in [6.07, 6.45) is 1.93. The van der Waals surface area contributed by atoms with E-state index >= 15 is 0 Å². The lowest BCUT2D eigenvalue weighted by Crippen LogP contribution is -2.42. The molecule has 2 atom stereocenters. The van der Waals surface area contributed by atoms with Crippen molar-refractivity contribution in [3.8, 4) is 6.07 Å². The number of benzene rings is 1. The van der Waals surface area contributed by atoms with E-state index in [1.807, 2.05) is 0 Å². The third kappa shape index (κ3) is 5.25. The highest BCUT2D eigenvalue weighted by Crippen LogP contribution is 2.36. The van der Waals surface area contributed by atoms with Crippen LogP contribution in [-0.2, 0) is 15.7 Å². The van der Waals surface area contributed by atoms with Gasteiger partial charge in [-0.1, -0.05) is 25.7 Å². The number of carbonyl (C=O) groups is 1. The average Bonchev–Trinajstić information content (AvgIpc) is 2.96. The number of halogens is 3. The standard InChI is InChI=1S/C22H28F3N3O2/c1-30-14-16-12-28(18-9-8-15(11-26)20(10-18)22(23,24)25)13-19(16)21(29)27-17-6-4-2-3-5-7-17/h8-10,16-17,19H,2-7,12-14H2,1H3,(H,27,29)/t16-,19+/m1/s1. The van der Waals surface area contributed by atoms with Crippen molar-refractivity contribution >= 4 is 11.6 Å². The second-order valence-electron chi connectivity index (χ2n) is 8.26. The van der Waals surface area contributed by atoms with Gasteiger partial charge >= 0.3 is 6.18 Å². The fourth-order valence-corrected chi connectivity index (χ4v) is 4.55. The van der Waals surface area contributed by atoms with Gasteiger partial charge in [-0.2, -0.15) is 18.4 Å². The molecule has 0 bridgehead atoms. The summed E-state index contributed by atoms with van der Waals surface area (Å²) in [4.78, 5) is 14.8. The van der Waals surface area contributed by atoms with Crippen LogP contribution < -0.4 is 10.2 Å². The molecule has 1 aliphatic heterocycles. The number of nitrogens with one attached hydrogen (secondary N) is 1. The number of ether oxygens (including phenoxy) is 1. The van der Waals surface area contributed by atoms with E-state index in [2.05, 4.69) is 5.32 Å². The SMILES string of the molecule is COC[C@H]1CN(c2ccc(C#N)c(C(F)(F)F)c2)C[C@@H]1C(=O)NC1CCCCCC1. The van der Waals surface area contributed by atoms with Gasteiger partial charge in [-0.3, -0.25) is 4.79 Å². The van der Waals surface area contributed by atoms with Crippen LogP contribution >= 0.6 is 0 Å². The van der Waals surface area contributed by atoms with Crippen LogP contribution in [0.1, 0.15) is 49.7 Å². The molecule has 1 aromatic carbocycles. The fourth-order valence-electron chi connectivity index (χ4n) is 4.55. The predicted molar refractivity (Wildman–Crippen MR) is 107 cm³/mol. The van der Waals surface area contributed by atoms with E-state index in [1.54, 1.807) is 18.1 Å². The van der Waals surface area contributed by atoms with E-state index in [9.17, 15) is 18.0 Å². The Morgan fingerprint density at radius 2 is 1.93 bits per heavy atom. The Bertz CT molecular complexity index is 783. The molecule has 0 radical (unpaired) electrons. The Morgan fingerprint density at radius 1 is 1.23 bits per heavy atom. The molecule has 0 spiro atoms. The number of carbonyl (C=O) groups excluding carboxylic acids is 1. The van der Waals surface area contributed by atoms with E-state index in [0.29, 0.717) is 25.4 Å². The van der Waals surface area contributed by atoms with Crippen molar-refractivity contribution in [2.45, 2.75) is 50.7 Å². The van der Waals surface area contributed by atoms with Gasteiger partial charge < -0.3 is 15.0 Å². The first-order valence-corrected chi connectivity index (χ1v) is 10.5. The Labute approximate surface area is 175 Å². The lowest BCUT2D eigenvalue weighted by atomic mass is 9.95. The van der Waals surface area contributed by atoms with E-state index in [-0.39, 0.29) is 23.8 Å². The Balaban J connectivity index is 1.77. The van der Waals surface area contributed by atoms with Gasteiger partial charge in [0.2, 0.25) is 5.91 Å². The zero-order valence-corrected chi connectivity index (χ0v) is 17.2. The maximum atomic E-state index is 13.3. The molecule has 0 aromatic heterocycles. The van der Waals surface area contributed by atoms with Gasteiger partial charge in [0.15, 0.2) is 0 Å². The lowest BCUT2D eigenvalue weighted by Gasteiger charge is -2.22. The van der Waals surface area contributed by atoms with Crippen LogP contribution in [0.25, 0.3) is 0 Å². The summed E-state index contributed by atoms with van der Waals surface area (Å²) in [6, 6.07) is 5.50. The summed E-state index contributed by atoms with van der Waals surface area (Å²) in [5, 5.41) is 12.2. The normalized spacial score (nSPS) is 23.1. The molecule has 1 saturated heterocycles. The molecule has 2 fully saturated rings. The van der Waals surface area contributed by atoms with Crippen LogP contribution in [0, 0.1) is 23.2 Å². The van der Waals surface area contributed by atoms with Gasteiger partial charge in [0.25, 0.3) is 0 Å². The van der Waals surface area contributed by atoms with Crippen LogP contribution in [0.5, 0.6) is 0 Å². The number of anilines is 1. The number of hydrogen-bond acceptors (Lipinski definition) is 4. The molecule has 5 nitrogen and oxygen atoms in total. The number of methoxy groups -OCH3 is 1. The second-order valence-corrected chi connectivity index (χ2v) is 8.26. The Hall–Kier alpha value is -2.27. The highest BCUT2D eigenvalue weighted by atomic mass is 19.4. The average molecular weight is 423 g/mol. The van der Waals surface area contributed by atoms with Crippen LogP contribution in [0.2, 0.25) is 0 Å². The fraction of sp³-hybridized carbons (Fsp3) is 0.636. The molecule has 1 aliphatic carbocycles. The van der Waals surface area contributed by atoms with Gasteiger partial charge in [0.1, 0.15) is 0 Å². The molecule has 1 saturated carbocycles. The molecule has 1 amide bonds. The molecule has 0 unspecified atom stereocenters. The van der Waals surface area contributed by atoms with Crippen LogP contribution in [0.15, 0.2) is 18.2 Å². The highest BCUT2D eigenvalue weighted by molar-refractivity contribution is 5.81. The van der Waals surface area contributed by atoms with Crippen molar-refractivity contribution in [2.75, 3.05) is 31.7 Å². The molecule has 30 heavy (non-hydrogen) atoms. The molecule has 3 rings (SSSR count). The molecular formula is C22H28F3N3O2. The van der Waals surface area contributed by atoms with Crippen LogP contribution in [-0.4, -0.2) is 38.8 Å². The van der Waals surface area contributed by atoms with Crippen molar-refractivity contribution < 1.29 is 22.7 Å². The first-order valence-electron chi connectivity index (χ1n) is 10.5. The zero-order valence-electron chi connectivity index (χ0n) is 17.2. The largest absolute Gasteiger partial charge is 0.417 e. The molecular weight excluding hydrogens is 395 g/mol. The summed E-state index contributed by atoms with van der Waals surface area (Å²) in [5.74, 6) is -0.500. The number of rotatable bonds is 5. The van der Waals surface area contributed by atoms with Crippen molar-refractivity contribution in [1.82, 2.24) is 5.32 Å². The van der Waals surface area contributed by atoms with Crippen molar-refractivity contribution in [2.24, 2.45) is 11.8 Å². The molecule has 8 heteroatoms. The maximum absolute atomic E-state index is 13.3. The molecule has 2 aliphatic rings. The highest BCUT2D eigenvalue weighted by Gasteiger charge is 2.40. The summed E-state index contributed by atoms with van der Waals surface area (Å²) >= 11 is 0. The first kappa shape index (κ1) is 22.4. The van der Waals surface area contributed by atoms with Crippen LogP contribution in [0.3, 0.4) is 0 Å². The summed E-state index contributed by atoms with van der Waals surface area (Å²) in [5.41, 5.74) is -0.981. The van der Waals surface area contributed by atoms with E-state index < -0.39 is 17.3 Å². The van der Waals surface area contributed by atoms with Crippen molar-refractivity contribution in [3.63, 3.8) is 0 Å². The van der Waals surface area contributed by atoms with Crippen molar-refractivity contribution in [3.05, 3.63) is 29.3 Å². The topological polar surface area (TPSA) is 65.4 Å². The molecule has 1 heterocycles. The van der Waals surface area contributed by atoms with E-state index in [1.165, 1.54) is 25.0 Å². The van der Waals surface area contributed by atoms with Crippen molar-refractivity contribution in [1.29, 1.82) is 5.26 Å². The minimum absolute atomic E-state index is 0.0452. The molecule has 1 N–H and O–H groups in total. The summed E-state index contributed by atoms with van der Waals surface area (Å²) < 4.78 is 45.3.